The molecule has 8 heteroatoms. The van der Waals surface area contributed by atoms with Crippen molar-refractivity contribution in [2.75, 3.05) is 13.2 Å². The SMILES string of the molecule is O=C(NCCO)c1ccc(-n2nc(-c3ccccc3O)nc2-c2ccccc2O)cc1. The molecule has 0 aliphatic heterocycles. The monoisotopic (exact) mass is 416 g/mol. The van der Waals surface area contributed by atoms with Crippen molar-refractivity contribution in [2.24, 2.45) is 0 Å². The minimum atomic E-state index is -0.296. The highest BCUT2D eigenvalue weighted by molar-refractivity contribution is 5.94. The molecule has 0 saturated heterocycles. The number of rotatable bonds is 6. The van der Waals surface area contributed by atoms with E-state index in [-0.39, 0.29) is 30.6 Å². The molecule has 4 aromatic rings. The lowest BCUT2D eigenvalue weighted by molar-refractivity contribution is 0.0945. The molecule has 3 aromatic carbocycles. The Morgan fingerprint density at radius 3 is 2.10 bits per heavy atom. The van der Waals surface area contributed by atoms with Gasteiger partial charge in [0.2, 0.25) is 0 Å². The van der Waals surface area contributed by atoms with Crippen LogP contribution in [0.3, 0.4) is 0 Å². The van der Waals surface area contributed by atoms with Crippen LogP contribution in [0.15, 0.2) is 72.8 Å². The van der Waals surface area contributed by atoms with Crippen molar-refractivity contribution in [1.82, 2.24) is 20.1 Å². The summed E-state index contributed by atoms with van der Waals surface area (Å²) in [5.74, 6) is 0.462. The lowest BCUT2D eigenvalue weighted by atomic mass is 10.1. The van der Waals surface area contributed by atoms with Crippen LogP contribution in [-0.4, -0.2) is 49.1 Å². The summed E-state index contributed by atoms with van der Waals surface area (Å²) in [7, 11) is 0. The molecule has 0 spiro atoms. The fourth-order valence-corrected chi connectivity index (χ4v) is 3.13. The predicted octanol–water partition coefficient (Wildman–Crippen LogP) is 2.73. The Labute approximate surface area is 178 Å². The lowest BCUT2D eigenvalue weighted by Crippen LogP contribution is -2.26. The largest absolute Gasteiger partial charge is 0.507 e. The first-order valence-corrected chi connectivity index (χ1v) is 9.62. The van der Waals surface area contributed by atoms with Crippen LogP contribution in [0.5, 0.6) is 11.5 Å². The lowest BCUT2D eigenvalue weighted by Gasteiger charge is -2.08. The third-order valence-corrected chi connectivity index (χ3v) is 4.67. The van der Waals surface area contributed by atoms with Gasteiger partial charge in [-0.1, -0.05) is 24.3 Å². The number of amides is 1. The van der Waals surface area contributed by atoms with E-state index < -0.39 is 0 Å². The molecule has 0 aliphatic rings. The van der Waals surface area contributed by atoms with Gasteiger partial charge in [-0.15, -0.1) is 5.10 Å². The summed E-state index contributed by atoms with van der Waals surface area (Å²) in [6, 6.07) is 20.2. The molecular formula is C23H20N4O4. The molecule has 0 radical (unpaired) electrons. The number of aromatic nitrogens is 3. The summed E-state index contributed by atoms with van der Waals surface area (Å²) >= 11 is 0. The molecular weight excluding hydrogens is 396 g/mol. The molecule has 4 rings (SSSR count). The van der Waals surface area contributed by atoms with Crippen LogP contribution in [0.2, 0.25) is 0 Å². The van der Waals surface area contributed by atoms with Gasteiger partial charge in [0, 0.05) is 12.1 Å². The second kappa shape index (κ2) is 8.68. The van der Waals surface area contributed by atoms with E-state index in [1.54, 1.807) is 77.5 Å². The second-order valence-corrected chi connectivity index (χ2v) is 6.73. The normalized spacial score (nSPS) is 10.7. The minimum absolute atomic E-state index is 0.0411. The zero-order valence-electron chi connectivity index (χ0n) is 16.4. The third-order valence-electron chi connectivity index (χ3n) is 4.67. The Morgan fingerprint density at radius 1 is 0.871 bits per heavy atom. The molecule has 0 unspecified atom stereocenters. The summed E-state index contributed by atoms with van der Waals surface area (Å²) < 4.78 is 1.55. The number of aliphatic hydroxyl groups excluding tert-OH is 1. The van der Waals surface area contributed by atoms with Gasteiger partial charge in [0.15, 0.2) is 11.6 Å². The quantitative estimate of drug-likeness (QED) is 0.384. The molecule has 0 atom stereocenters. The summed E-state index contributed by atoms with van der Waals surface area (Å²) in [5.41, 5.74) is 1.98. The van der Waals surface area contributed by atoms with Gasteiger partial charge >= 0.3 is 0 Å². The van der Waals surface area contributed by atoms with E-state index in [9.17, 15) is 15.0 Å². The van der Waals surface area contributed by atoms with Gasteiger partial charge in [-0.05, 0) is 48.5 Å². The number of aliphatic hydroxyl groups is 1. The highest BCUT2D eigenvalue weighted by Gasteiger charge is 2.19. The van der Waals surface area contributed by atoms with Crippen LogP contribution in [0.1, 0.15) is 10.4 Å². The first kappa shape index (κ1) is 20.1. The number of hydrogen-bond donors (Lipinski definition) is 4. The Hall–Kier alpha value is -4.17. The number of benzene rings is 3. The molecule has 1 amide bonds. The molecule has 8 nitrogen and oxygen atoms in total. The summed E-state index contributed by atoms with van der Waals surface area (Å²) in [4.78, 5) is 16.7. The van der Waals surface area contributed by atoms with E-state index in [0.29, 0.717) is 34.0 Å². The molecule has 0 aliphatic carbocycles. The highest BCUT2D eigenvalue weighted by atomic mass is 16.3. The van der Waals surface area contributed by atoms with Gasteiger partial charge < -0.3 is 20.6 Å². The number of phenolic OH excluding ortho intramolecular Hbond substituents is 2. The number of hydrogen-bond acceptors (Lipinski definition) is 6. The maximum atomic E-state index is 12.1. The Bertz CT molecular complexity index is 1220. The zero-order valence-corrected chi connectivity index (χ0v) is 16.4. The Balaban J connectivity index is 1.80. The second-order valence-electron chi connectivity index (χ2n) is 6.73. The van der Waals surface area contributed by atoms with Crippen LogP contribution in [0.25, 0.3) is 28.5 Å². The van der Waals surface area contributed by atoms with Crippen molar-refractivity contribution in [3.8, 4) is 40.0 Å². The van der Waals surface area contributed by atoms with Gasteiger partial charge in [0.1, 0.15) is 11.5 Å². The Kier molecular flexibility index (Phi) is 5.63. The highest BCUT2D eigenvalue weighted by Crippen LogP contribution is 2.33. The molecule has 0 fully saturated rings. The average molecular weight is 416 g/mol. The van der Waals surface area contributed by atoms with E-state index >= 15 is 0 Å². The summed E-state index contributed by atoms with van der Waals surface area (Å²) in [5, 5.41) is 36.6. The number of para-hydroxylation sites is 2. The first-order valence-electron chi connectivity index (χ1n) is 9.62. The number of phenols is 2. The smallest absolute Gasteiger partial charge is 0.251 e. The summed E-state index contributed by atoms with van der Waals surface area (Å²) in [6.07, 6.45) is 0. The van der Waals surface area contributed by atoms with E-state index in [2.05, 4.69) is 15.4 Å². The predicted molar refractivity (Wildman–Crippen MR) is 115 cm³/mol. The number of carbonyl (C=O) groups excluding carboxylic acids is 1. The van der Waals surface area contributed by atoms with E-state index in [0.717, 1.165) is 0 Å². The zero-order chi connectivity index (χ0) is 21.8. The maximum Gasteiger partial charge on any atom is 0.251 e. The van der Waals surface area contributed by atoms with Crippen LogP contribution in [0, 0.1) is 0 Å². The van der Waals surface area contributed by atoms with Gasteiger partial charge in [-0.2, -0.15) is 0 Å². The third kappa shape index (κ3) is 4.10. The standard InChI is InChI=1S/C23H20N4O4/c28-14-13-24-23(31)15-9-11-16(12-10-15)27-22(18-6-2-4-8-20(18)30)25-21(26-27)17-5-1-3-7-19(17)29/h1-12,28-30H,13-14H2,(H,24,31). The molecule has 31 heavy (non-hydrogen) atoms. The molecule has 1 aromatic heterocycles. The van der Waals surface area contributed by atoms with Gasteiger partial charge in [0.05, 0.1) is 23.4 Å². The van der Waals surface area contributed by atoms with Gasteiger partial charge in [0.25, 0.3) is 5.91 Å². The van der Waals surface area contributed by atoms with E-state index in [4.69, 9.17) is 5.11 Å². The fraction of sp³-hybridized carbons (Fsp3) is 0.0870. The van der Waals surface area contributed by atoms with Gasteiger partial charge in [-0.3, -0.25) is 4.79 Å². The molecule has 0 bridgehead atoms. The van der Waals surface area contributed by atoms with Crippen molar-refractivity contribution in [3.05, 3.63) is 78.4 Å². The van der Waals surface area contributed by atoms with E-state index in [1.807, 2.05) is 0 Å². The van der Waals surface area contributed by atoms with Gasteiger partial charge in [-0.25, -0.2) is 9.67 Å². The molecule has 156 valence electrons. The number of nitrogens with zero attached hydrogens (tertiary/aromatic N) is 3. The van der Waals surface area contributed by atoms with Crippen molar-refractivity contribution in [1.29, 1.82) is 0 Å². The van der Waals surface area contributed by atoms with Crippen molar-refractivity contribution in [2.45, 2.75) is 0 Å². The van der Waals surface area contributed by atoms with Crippen molar-refractivity contribution < 1.29 is 20.1 Å². The molecule has 1 heterocycles. The number of aromatic hydroxyl groups is 2. The van der Waals surface area contributed by atoms with Crippen LogP contribution < -0.4 is 5.32 Å². The number of carbonyl (C=O) groups is 1. The van der Waals surface area contributed by atoms with Crippen LogP contribution in [-0.2, 0) is 0 Å². The van der Waals surface area contributed by atoms with Crippen molar-refractivity contribution >= 4 is 5.91 Å². The van der Waals surface area contributed by atoms with Crippen molar-refractivity contribution in [3.63, 3.8) is 0 Å². The van der Waals surface area contributed by atoms with Crippen LogP contribution in [0.4, 0.5) is 0 Å². The average Bonchev–Trinajstić information content (AvgIpc) is 3.23. The molecule has 4 N–H and O–H groups in total. The van der Waals surface area contributed by atoms with Crippen LogP contribution >= 0.6 is 0 Å². The minimum Gasteiger partial charge on any atom is -0.507 e. The first-order chi connectivity index (χ1) is 15.1. The number of nitrogens with one attached hydrogen (secondary N) is 1. The summed E-state index contributed by atoms with van der Waals surface area (Å²) in [6.45, 7) is 0.0346. The molecule has 0 saturated carbocycles. The Morgan fingerprint density at radius 2 is 1.48 bits per heavy atom. The fourth-order valence-electron chi connectivity index (χ4n) is 3.13. The van der Waals surface area contributed by atoms with E-state index in [1.165, 1.54) is 0 Å². The topological polar surface area (TPSA) is 121 Å². The maximum absolute atomic E-state index is 12.1.